The number of ether oxygens (including phenoxy) is 1. The summed E-state index contributed by atoms with van der Waals surface area (Å²) in [6.45, 7) is 3.96. The molecule has 24 heavy (non-hydrogen) atoms. The first-order chi connectivity index (χ1) is 11.6. The van der Waals surface area contributed by atoms with E-state index >= 15 is 0 Å². The van der Waals surface area contributed by atoms with Crippen molar-refractivity contribution in [2.45, 2.75) is 10.9 Å². The van der Waals surface area contributed by atoms with Crippen LogP contribution in [0.15, 0.2) is 65.6 Å². The predicted octanol–water partition coefficient (Wildman–Crippen LogP) is 0.621. The van der Waals surface area contributed by atoms with Gasteiger partial charge in [0.25, 0.3) is 0 Å². The lowest BCUT2D eigenvalue weighted by atomic mass is 10.1. The SMILES string of the molecule is O=S(=O)(N[C@@H](C[NH+]1CCOCC1)c1ccccc1)c1ccccc1. The van der Waals surface area contributed by atoms with Gasteiger partial charge in [0, 0.05) is 0 Å². The number of benzene rings is 2. The fourth-order valence-electron chi connectivity index (χ4n) is 2.92. The zero-order chi connectivity index (χ0) is 16.8. The number of sulfonamides is 1. The molecule has 2 aromatic carbocycles. The van der Waals surface area contributed by atoms with Crippen LogP contribution in [0.25, 0.3) is 0 Å². The summed E-state index contributed by atoms with van der Waals surface area (Å²) in [5.74, 6) is 0. The molecule has 1 atom stereocenters. The van der Waals surface area contributed by atoms with E-state index in [-0.39, 0.29) is 6.04 Å². The zero-order valence-corrected chi connectivity index (χ0v) is 14.3. The van der Waals surface area contributed by atoms with E-state index in [9.17, 15) is 8.42 Å². The van der Waals surface area contributed by atoms with Crippen molar-refractivity contribution in [1.82, 2.24) is 4.72 Å². The van der Waals surface area contributed by atoms with Crippen molar-refractivity contribution in [2.24, 2.45) is 0 Å². The first-order valence-electron chi connectivity index (χ1n) is 8.19. The van der Waals surface area contributed by atoms with Gasteiger partial charge in [0.05, 0.1) is 30.7 Å². The lowest BCUT2D eigenvalue weighted by Gasteiger charge is -2.28. The number of rotatable bonds is 6. The third-order valence-corrected chi connectivity index (χ3v) is 5.73. The van der Waals surface area contributed by atoms with Crippen LogP contribution >= 0.6 is 0 Å². The van der Waals surface area contributed by atoms with Crippen LogP contribution in [-0.4, -0.2) is 41.3 Å². The quantitative estimate of drug-likeness (QED) is 0.805. The van der Waals surface area contributed by atoms with Gasteiger partial charge >= 0.3 is 0 Å². The molecule has 3 rings (SSSR count). The highest BCUT2D eigenvalue weighted by atomic mass is 32.2. The molecule has 2 aromatic rings. The molecule has 0 radical (unpaired) electrons. The van der Waals surface area contributed by atoms with Crippen molar-refractivity contribution in [3.8, 4) is 0 Å². The second kappa shape index (κ2) is 7.90. The lowest BCUT2D eigenvalue weighted by Crippen LogP contribution is -3.14. The molecule has 1 saturated heterocycles. The molecule has 0 saturated carbocycles. The third-order valence-electron chi connectivity index (χ3n) is 4.25. The van der Waals surface area contributed by atoms with E-state index in [1.165, 1.54) is 4.90 Å². The van der Waals surface area contributed by atoms with Crippen LogP contribution in [0.5, 0.6) is 0 Å². The Morgan fingerprint density at radius 1 is 0.958 bits per heavy atom. The normalized spacial score (nSPS) is 17.5. The molecule has 2 N–H and O–H groups in total. The monoisotopic (exact) mass is 347 g/mol. The van der Waals surface area contributed by atoms with Crippen LogP contribution in [0.1, 0.15) is 11.6 Å². The molecule has 1 fully saturated rings. The van der Waals surface area contributed by atoms with Crippen molar-refractivity contribution in [2.75, 3.05) is 32.8 Å². The molecule has 5 nitrogen and oxygen atoms in total. The average Bonchev–Trinajstić information content (AvgIpc) is 2.63. The van der Waals surface area contributed by atoms with Gasteiger partial charge in [-0.15, -0.1) is 0 Å². The molecule has 0 aliphatic carbocycles. The van der Waals surface area contributed by atoms with E-state index in [1.807, 2.05) is 36.4 Å². The molecule has 1 heterocycles. The molecule has 0 amide bonds. The third kappa shape index (κ3) is 4.42. The van der Waals surface area contributed by atoms with Gasteiger partial charge in [-0.05, 0) is 17.7 Å². The highest BCUT2D eigenvalue weighted by Crippen LogP contribution is 2.16. The summed E-state index contributed by atoms with van der Waals surface area (Å²) in [5.41, 5.74) is 0.982. The summed E-state index contributed by atoms with van der Waals surface area (Å²) in [4.78, 5) is 1.65. The Bertz CT molecular complexity index is 729. The van der Waals surface area contributed by atoms with Gasteiger partial charge < -0.3 is 9.64 Å². The Balaban J connectivity index is 1.82. The molecular formula is C18H23N2O3S+. The predicted molar refractivity (Wildman–Crippen MR) is 92.3 cm³/mol. The minimum atomic E-state index is -3.55. The number of morpholine rings is 1. The number of nitrogens with one attached hydrogen (secondary N) is 2. The van der Waals surface area contributed by atoms with Crippen molar-refractivity contribution in [3.05, 3.63) is 66.2 Å². The molecule has 0 aromatic heterocycles. The van der Waals surface area contributed by atoms with E-state index in [4.69, 9.17) is 4.74 Å². The summed E-state index contributed by atoms with van der Waals surface area (Å²) >= 11 is 0. The number of hydrogen-bond acceptors (Lipinski definition) is 3. The molecule has 128 valence electrons. The topological polar surface area (TPSA) is 59.8 Å². The van der Waals surface area contributed by atoms with Crippen molar-refractivity contribution in [3.63, 3.8) is 0 Å². The Morgan fingerprint density at radius 2 is 1.54 bits per heavy atom. The van der Waals surface area contributed by atoms with E-state index in [0.717, 1.165) is 31.9 Å². The van der Waals surface area contributed by atoms with Crippen LogP contribution in [0.4, 0.5) is 0 Å². The van der Waals surface area contributed by atoms with Gasteiger partial charge in [-0.1, -0.05) is 48.5 Å². The molecule has 1 aliphatic rings. The summed E-state index contributed by atoms with van der Waals surface area (Å²) in [5, 5.41) is 0. The van der Waals surface area contributed by atoms with Crippen LogP contribution in [0, 0.1) is 0 Å². The number of hydrogen-bond donors (Lipinski definition) is 2. The van der Waals surface area contributed by atoms with Crippen molar-refractivity contribution >= 4 is 10.0 Å². The summed E-state index contributed by atoms with van der Waals surface area (Å²) in [6.07, 6.45) is 0. The largest absolute Gasteiger partial charge is 0.370 e. The fraction of sp³-hybridized carbons (Fsp3) is 0.333. The average molecular weight is 347 g/mol. The Morgan fingerprint density at radius 3 is 2.17 bits per heavy atom. The fourth-order valence-corrected chi connectivity index (χ4v) is 4.17. The molecule has 0 bridgehead atoms. The maximum absolute atomic E-state index is 12.7. The van der Waals surface area contributed by atoms with Crippen LogP contribution in [0.3, 0.4) is 0 Å². The highest BCUT2D eigenvalue weighted by Gasteiger charge is 2.26. The minimum absolute atomic E-state index is 0.260. The lowest BCUT2D eigenvalue weighted by molar-refractivity contribution is -0.909. The molecular weight excluding hydrogens is 324 g/mol. The van der Waals surface area contributed by atoms with Gasteiger partial charge in [0.15, 0.2) is 0 Å². The van der Waals surface area contributed by atoms with Gasteiger partial charge in [0.1, 0.15) is 13.1 Å². The van der Waals surface area contributed by atoms with Crippen LogP contribution in [-0.2, 0) is 14.8 Å². The Hall–Kier alpha value is -1.73. The van der Waals surface area contributed by atoms with Crippen molar-refractivity contribution < 1.29 is 18.1 Å². The summed E-state index contributed by atoms with van der Waals surface area (Å²) in [7, 11) is -3.55. The van der Waals surface area contributed by atoms with Crippen LogP contribution < -0.4 is 9.62 Å². The second-order valence-electron chi connectivity index (χ2n) is 5.96. The molecule has 0 unspecified atom stereocenters. The first-order valence-corrected chi connectivity index (χ1v) is 9.67. The van der Waals surface area contributed by atoms with E-state index in [1.54, 1.807) is 24.3 Å². The van der Waals surface area contributed by atoms with E-state index in [2.05, 4.69) is 4.72 Å². The Labute approximate surface area is 143 Å². The Kier molecular flexibility index (Phi) is 5.63. The minimum Gasteiger partial charge on any atom is -0.370 e. The van der Waals surface area contributed by atoms with E-state index < -0.39 is 10.0 Å². The summed E-state index contributed by atoms with van der Waals surface area (Å²) < 4.78 is 33.7. The maximum Gasteiger partial charge on any atom is 0.241 e. The van der Waals surface area contributed by atoms with Gasteiger partial charge in [-0.25, -0.2) is 8.42 Å². The first kappa shape index (κ1) is 17.1. The second-order valence-corrected chi connectivity index (χ2v) is 7.68. The zero-order valence-electron chi connectivity index (χ0n) is 13.5. The standard InChI is InChI=1S/C18H22N2O3S/c21-24(22,17-9-5-2-6-10-17)19-18(16-7-3-1-4-8-16)15-20-11-13-23-14-12-20/h1-10,18-19H,11-15H2/p+1/t18-/m0/s1. The van der Waals surface area contributed by atoms with Gasteiger partial charge in [-0.3, -0.25) is 0 Å². The van der Waals surface area contributed by atoms with Crippen LogP contribution in [0.2, 0.25) is 0 Å². The molecule has 0 spiro atoms. The van der Waals surface area contributed by atoms with Crippen molar-refractivity contribution in [1.29, 1.82) is 0 Å². The summed E-state index contributed by atoms with van der Waals surface area (Å²) in [6, 6.07) is 18.0. The highest BCUT2D eigenvalue weighted by molar-refractivity contribution is 7.89. The smallest absolute Gasteiger partial charge is 0.241 e. The maximum atomic E-state index is 12.7. The van der Waals surface area contributed by atoms with E-state index in [0.29, 0.717) is 11.4 Å². The van der Waals surface area contributed by atoms with Gasteiger partial charge in [0.2, 0.25) is 10.0 Å². The molecule has 1 aliphatic heterocycles. The number of quaternary nitrogens is 1. The molecule has 6 heteroatoms. The van der Waals surface area contributed by atoms with Gasteiger partial charge in [-0.2, -0.15) is 4.72 Å².